The molecule has 2 rings (SSSR count). The topological polar surface area (TPSA) is 67.9 Å². The summed E-state index contributed by atoms with van der Waals surface area (Å²) in [5.41, 5.74) is 0.0646. The summed E-state index contributed by atoms with van der Waals surface area (Å²) in [6, 6.07) is 11.1. The summed E-state index contributed by atoms with van der Waals surface area (Å²) in [4.78, 5) is 29.6. The average Bonchev–Trinajstić information content (AvgIpc) is 2.50. The number of hydroxylamine groups is 2. The summed E-state index contributed by atoms with van der Waals surface area (Å²) in [5, 5.41) is 5.55. The number of nitrogens with zero attached hydrogens (tertiary/aromatic N) is 1. The molecule has 6 nitrogen and oxygen atoms in total. The molecule has 0 unspecified atom stereocenters. The third-order valence-electron chi connectivity index (χ3n) is 3.31. The summed E-state index contributed by atoms with van der Waals surface area (Å²) in [5.74, 6) is -0.366. The Labute approximate surface area is 141 Å². The van der Waals surface area contributed by atoms with Crippen LogP contribution >= 0.6 is 0 Å². The number of nitrogens with one attached hydrogen (secondary N) is 1. The van der Waals surface area contributed by atoms with E-state index in [4.69, 9.17) is 9.57 Å². The van der Waals surface area contributed by atoms with Gasteiger partial charge in [-0.3, -0.25) is 14.9 Å². The highest BCUT2D eigenvalue weighted by molar-refractivity contribution is 6.06. The van der Waals surface area contributed by atoms with Gasteiger partial charge in [0.2, 0.25) is 0 Å². The van der Waals surface area contributed by atoms with Crippen LogP contribution in [0, 0.1) is 0 Å². The van der Waals surface area contributed by atoms with E-state index < -0.39 is 11.7 Å². The van der Waals surface area contributed by atoms with E-state index in [1.807, 2.05) is 24.3 Å². The highest BCUT2D eigenvalue weighted by atomic mass is 16.7. The van der Waals surface area contributed by atoms with Crippen LogP contribution in [0.3, 0.4) is 0 Å². The molecule has 2 amide bonds. The number of carbonyl (C=O) groups excluding carboxylic acids is 2. The minimum Gasteiger partial charge on any atom is -0.444 e. The predicted octanol–water partition coefficient (Wildman–Crippen LogP) is 3.82. The van der Waals surface area contributed by atoms with Crippen LogP contribution in [0.1, 0.15) is 31.1 Å². The lowest BCUT2D eigenvalue weighted by Gasteiger charge is -2.21. The monoisotopic (exact) mass is 330 g/mol. The van der Waals surface area contributed by atoms with Gasteiger partial charge in [-0.25, -0.2) is 9.86 Å². The summed E-state index contributed by atoms with van der Waals surface area (Å²) >= 11 is 0. The average molecular weight is 330 g/mol. The van der Waals surface area contributed by atoms with Gasteiger partial charge in [0, 0.05) is 7.05 Å². The minimum atomic E-state index is -0.631. The van der Waals surface area contributed by atoms with Crippen LogP contribution in [0.4, 0.5) is 10.5 Å². The number of amides is 2. The van der Waals surface area contributed by atoms with Crippen molar-refractivity contribution in [2.45, 2.75) is 26.4 Å². The Bertz CT molecular complexity index is 765. The number of rotatable bonds is 3. The standard InChI is InChI=1S/C18H22N2O4/c1-18(2,3)24-17(22)19-15-11-13-9-7-6-8-12(13)10-14(15)16(21)20(4)23-5/h6-11H,1-5H3,(H,19,22). The molecule has 0 aromatic heterocycles. The first-order valence-corrected chi connectivity index (χ1v) is 7.56. The number of hydrogen-bond acceptors (Lipinski definition) is 4. The normalized spacial score (nSPS) is 11.2. The van der Waals surface area contributed by atoms with Crippen molar-refractivity contribution >= 4 is 28.5 Å². The molecule has 2 aromatic carbocycles. The zero-order chi connectivity index (χ0) is 17.9. The number of anilines is 1. The Hall–Kier alpha value is -2.60. The highest BCUT2D eigenvalue weighted by Gasteiger charge is 2.21. The number of hydrogen-bond donors (Lipinski definition) is 1. The van der Waals surface area contributed by atoms with Crippen LogP contribution in [-0.4, -0.2) is 36.8 Å². The van der Waals surface area contributed by atoms with Crippen molar-refractivity contribution in [2.24, 2.45) is 0 Å². The van der Waals surface area contributed by atoms with E-state index in [0.29, 0.717) is 11.3 Å². The number of ether oxygens (including phenoxy) is 1. The molecule has 0 saturated heterocycles. The summed E-state index contributed by atoms with van der Waals surface area (Å²) in [7, 11) is 2.91. The Morgan fingerprint density at radius 3 is 2.21 bits per heavy atom. The van der Waals surface area contributed by atoms with E-state index in [9.17, 15) is 9.59 Å². The summed E-state index contributed by atoms with van der Waals surface area (Å²) in [6.45, 7) is 5.33. The largest absolute Gasteiger partial charge is 0.444 e. The SMILES string of the molecule is CON(C)C(=O)c1cc2ccccc2cc1NC(=O)OC(C)(C)C. The molecule has 1 N–H and O–H groups in total. The smallest absolute Gasteiger partial charge is 0.412 e. The zero-order valence-corrected chi connectivity index (χ0v) is 14.5. The number of benzene rings is 2. The van der Waals surface area contributed by atoms with Gasteiger partial charge in [-0.05, 0) is 43.7 Å². The quantitative estimate of drug-likeness (QED) is 0.869. The third-order valence-corrected chi connectivity index (χ3v) is 3.31. The van der Waals surface area contributed by atoms with Crippen molar-refractivity contribution < 1.29 is 19.2 Å². The van der Waals surface area contributed by atoms with Crippen LogP contribution in [0.2, 0.25) is 0 Å². The molecule has 0 atom stereocenters. The van der Waals surface area contributed by atoms with E-state index in [2.05, 4.69) is 5.32 Å². The highest BCUT2D eigenvalue weighted by Crippen LogP contribution is 2.26. The molecule has 0 aliphatic rings. The van der Waals surface area contributed by atoms with Crippen LogP contribution in [-0.2, 0) is 9.57 Å². The Morgan fingerprint density at radius 2 is 1.67 bits per heavy atom. The molecular weight excluding hydrogens is 308 g/mol. The van der Waals surface area contributed by atoms with Crippen molar-refractivity contribution in [3.8, 4) is 0 Å². The van der Waals surface area contributed by atoms with Crippen LogP contribution in [0.15, 0.2) is 36.4 Å². The van der Waals surface area contributed by atoms with Crippen LogP contribution in [0.25, 0.3) is 10.8 Å². The zero-order valence-electron chi connectivity index (χ0n) is 14.5. The molecule has 0 radical (unpaired) electrons. The molecular formula is C18H22N2O4. The second-order valence-electron chi connectivity index (χ2n) is 6.36. The van der Waals surface area contributed by atoms with E-state index in [1.54, 1.807) is 32.9 Å². The molecule has 0 aliphatic heterocycles. The van der Waals surface area contributed by atoms with E-state index >= 15 is 0 Å². The van der Waals surface area contributed by atoms with Crippen LogP contribution in [0.5, 0.6) is 0 Å². The van der Waals surface area contributed by atoms with Gasteiger partial charge in [-0.1, -0.05) is 24.3 Å². The summed E-state index contributed by atoms with van der Waals surface area (Å²) in [6.07, 6.45) is -0.619. The molecule has 0 spiro atoms. The van der Waals surface area contributed by atoms with E-state index in [0.717, 1.165) is 15.8 Å². The van der Waals surface area contributed by atoms with Crippen LogP contribution < -0.4 is 5.32 Å². The Morgan fingerprint density at radius 1 is 1.08 bits per heavy atom. The van der Waals surface area contributed by atoms with Crippen molar-refractivity contribution in [1.82, 2.24) is 5.06 Å². The molecule has 0 heterocycles. The first kappa shape index (κ1) is 17.7. The molecule has 0 fully saturated rings. The van der Waals surface area contributed by atoms with Gasteiger partial charge in [-0.15, -0.1) is 0 Å². The minimum absolute atomic E-state index is 0.323. The maximum Gasteiger partial charge on any atom is 0.412 e. The lowest BCUT2D eigenvalue weighted by atomic mass is 10.0. The molecule has 2 aromatic rings. The molecule has 0 aliphatic carbocycles. The molecule has 0 saturated carbocycles. The van der Waals surface area contributed by atoms with Crippen molar-refractivity contribution in [3.05, 3.63) is 42.0 Å². The van der Waals surface area contributed by atoms with E-state index in [-0.39, 0.29) is 5.91 Å². The first-order chi connectivity index (χ1) is 11.2. The van der Waals surface area contributed by atoms with Gasteiger partial charge in [-0.2, -0.15) is 0 Å². The Balaban J connectivity index is 2.45. The van der Waals surface area contributed by atoms with Gasteiger partial charge in [0.15, 0.2) is 0 Å². The predicted molar refractivity (Wildman–Crippen MR) is 92.9 cm³/mol. The molecule has 0 bridgehead atoms. The van der Waals surface area contributed by atoms with Gasteiger partial charge in [0.25, 0.3) is 5.91 Å². The maximum atomic E-state index is 12.5. The van der Waals surface area contributed by atoms with E-state index in [1.165, 1.54) is 14.2 Å². The molecule has 24 heavy (non-hydrogen) atoms. The lowest BCUT2D eigenvalue weighted by molar-refractivity contribution is -0.0756. The molecule has 128 valence electrons. The van der Waals surface area contributed by atoms with Crippen molar-refractivity contribution in [3.63, 3.8) is 0 Å². The van der Waals surface area contributed by atoms with Crippen molar-refractivity contribution in [2.75, 3.05) is 19.5 Å². The van der Waals surface area contributed by atoms with Gasteiger partial charge in [0.1, 0.15) is 5.60 Å². The van der Waals surface area contributed by atoms with Gasteiger partial charge in [0.05, 0.1) is 18.4 Å². The summed E-state index contributed by atoms with van der Waals surface area (Å²) < 4.78 is 5.27. The van der Waals surface area contributed by atoms with Gasteiger partial charge >= 0.3 is 6.09 Å². The lowest BCUT2D eigenvalue weighted by Crippen LogP contribution is -2.29. The fourth-order valence-electron chi connectivity index (χ4n) is 2.19. The first-order valence-electron chi connectivity index (χ1n) is 7.56. The number of carbonyl (C=O) groups is 2. The fraction of sp³-hybridized carbons (Fsp3) is 0.333. The maximum absolute atomic E-state index is 12.5. The second kappa shape index (κ2) is 6.88. The van der Waals surface area contributed by atoms with Gasteiger partial charge < -0.3 is 4.74 Å². The third kappa shape index (κ3) is 4.23. The number of fused-ring (bicyclic) bond motifs is 1. The Kier molecular flexibility index (Phi) is 5.09. The molecule has 6 heteroatoms. The van der Waals surface area contributed by atoms with Crippen molar-refractivity contribution in [1.29, 1.82) is 0 Å². The fourth-order valence-corrected chi connectivity index (χ4v) is 2.19. The second-order valence-corrected chi connectivity index (χ2v) is 6.36.